The Hall–Kier alpha value is -0.900. The van der Waals surface area contributed by atoms with Crippen LogP contribution in [0, 0.1) is 13.8 Å². The van der Waals surface area contributed by atoms with Gasteiger partial charge in [0.05, 0.1) is 6.61 Å². The lowest BCUT2D eigenvalue weighted by Crippen LogP contribution is -2.41. The van der Waals surface area contributed by atoms with Crippen molar-refractivity contribution in [3.63, 3.8) is 0 Å². The molecule has 120 valence electrons. The lowest BCUT2D eigenvalue weighted by Gasteiger charge is -2.32. The highest BCUT2D eigenvalue weighted by atomic mass is 16.5. The summed E-state index contributed by atoms with van der Waals surface area (Å²) in [5.41, 5.74) is 4.11. The molecule has 1 rings (SSSR count). The maximum Gasteiger partial charge on any atom is 0.0589 e. The van der Waals surface area contributed by atoms with E-state index in [1.165, 1.54) is 16.7 Å². The van der Waals surface area contributed by atoms with Gasteiger partial charge in [0.2, 0.25) is 0 Å². The fourth-order valence-corrected chi connectivity index (χ4v) is 2.74. The van der Waals surface area contributed by atoms with E-state index in [9.17, 15) is 0 Å². The molecule has 0 aliphatic heterocycles. The third kappa shape index (κ3) is 5.77. The van der Waals surface area contributed by atoms with Crippen molar-refractivity contribution in [2.45, 2.75) is 46.7 Å². The molecule has 1 aromatic rings. The highest BCUT2D eigenvalue weighted by Crippen LogP contribution is 2.21. The van der Waals surface area contributed by atoms with E-state index < -0.39 is 0 Å². The first kappa shape index (κ1) is 18.1. The Labute approximate surface area is 130 Å². The van der Waals surface area contributed by atoms with Crippen molar-refractivity contribution in [2.75, 3.05) is 33.4 Å². The van der Waals surface area contributed by atoms with E-state index in [4.69, 9.17) is 4.74 Å². The molecular weight excluding hydrogens is 260 g/mol. The van der Waals surface area contributed by atoms with Crippen LogP contribution in [0.3, 0.4) is 0 Å². The second-order valence-electron chi connectivity index (χ2n) is 6.05. The fourth-order valence-electron chi connectivity index (χ4n) is 2.74. The number of rotatable bonds is 9. The zero-order chi connectivity index (χ0) is 15.8. The Balaban J connectivity index is 2.88. The Morgan fingerprint density at radius 1 is 1.24 bits per heavy atom. The highest BCUT2D eigenvalue weighted by molar-refractivity contribution is 5.33. The number of hydrogen-bond acceptors (Lipinski definition) is 3. The second-order valence-corrected chi connectivity index (χ2v) is 6.05. The number of benzene rings is 1. The number of nitrogens with one attached hydrogen (secondary N) is 1. The Morgan fingerprint density at radius 3 is 2.48 bits per heavy atom. The van der Waals surface area contributed by atoms with Crippen LogP contribution in [0.15, 0.2) is 18.2 Å². The van der Waals surface area contributed by atoms with E-state index in [1.54, 1.807) is 7.11 Å². The van der Waals surface area contributed by atoms with E-state index in [0.29, 0.717) is 12.1 Å². The monoisotopic (exact) mass is 292 g/mol. The van der Waals surface area contributed by atoms with E-state index in [0.717, 1.165) is 26.2 Å². The molecule has 0 amide bonds. The van der Waals surface area contributed by atoms with Crippen LogP contribution in [0.25, 0.3) is 0 Å². The van der Waals surface area contributed by atoms with Crippen LogP contribution < -0.4 is 5.32 Å². The fraction of sp³-hybridized carbons (Fsp3) is 0.667. The van der Waals surface area contributed by atoms with Gasteiger partial charge in [-0.3, -0.25) is 4.90 Å². The summed E-state index contributed by atoms with van der Waals surface area (Å²) < 4.78 is 5.25. The largest absolute Gasteiger partial charge is 0.383 e. The summed E-state index contributed by atoms with van der Waals surface area (Å²) in [6.07, 6.45) is 0. The lowest BCUT2D eigenvalue weighted by atomic mass is 9.98. The summed E-state index contributed by atoms with van der Waals surface area (Å²) in [6, 6.07) is 7.64. The summed E-state index contributed by atoms with van der Waals surface area (Å²) in [4.78, 5) is 2.48. The van der Waals surface area contributed by atoms with E-state index >= 15 is 0 Å². The van der Waals surface area contributed by atoms with Crippen molar-refractivity contribution >= 4 is 0 Å². The van der Waals surface area contributed by atoms with Crippen LogP contribution in [0.4, 0.5) is 0 Å². The van der Waals surface area contributed by atoms with Crippen LogP contribution in [0.5, 0.6) is 0 Å². The Bertz CT molecular complexity index is 418. The third-order valence-corrected chi connectivity index (χ3v) is 3.98. The van der Waals surface area contributed by atoms with Gasteiger partial charge in [0, 0.05) is 32.3 Å². The molecule has 0 aliphatic rings. The molecule has 0 bridgehead atoms. The predicted octanol–water partition coefficient (Wildman–Crippen LogP) is 3.31. The molecule has 0 aromatic heterocycles. The first-order valence-electron chi connectivity index (χ1n) is 8.03. The summed E-state index contributed by atoms with van der Waals surface area (Å²) in [5.74, 6) is 0. The zero-order valence-corrected chi connectivity index (χ0v) is 14.6. The number of aryl methyl sites for hydroxylation is 2. The standard InChI is InChI=1S/C18H32N2O/c1-7-19-18(13-20(14(2)3)10-11-21-6)17-9-8-15(4)12-16(17)5/h8-9,12,14,18-19H,7,10-11,13H2,1-6H3. The first-order valence-corrected chi connectivity index (χ1v) is 8.03. The van der Waals surface area contributed by atoms with E-state index in [1.807, 2.05) is 0 Å². The molecule has 0 saturated heterocycles. The average molecular weight is 292 g/mol. The highest BCUT2D eigenvalue weighted by Gasteiger charge is 2.18. The van der Waals surface area contributed by atoms with E-state index in [-0.39, 0.29) is 0 Å². The number of ether oxygens (including phenoxy) is 1. The van der Waals surface area contributed by atoms with Gasteiger partial charge in [0.1, 0.15) is 0 Å². The third-order valence-electron chi connectivity index (χ3n) is 3.98. The van der Waals surface area contributed by atoms with Crippen LogP contribution in [-0.4, -0.2) is 44.3 Å². The molecule has 1 N–H and O–H groups in total. The molecule has 0 spiro atoms. The van der Waals surface area contributed by atoms with E-state index in [2.05, 4.69) is 63.0 Å². The van der Waals surface area contributed by atoms with Crippen LogP contribution >= 0.6 is 0 Å². The van der Waals surface area contributed by atoms with Gasteiger partial charge in [0.15, 0.2) is 0 Å². The predicted molar refractivity (Wildman–Crippen MR) is 90.9 cm³/mol. The van der Waals surface area contributed by atoms with Crippen molar-refractivity contribution in [2.24, 2.45) is 0 Å². The number of methoxy groups -OCH3 is 1. The molecular formula is C18H32N2O. The Kier molecular flexibility index (Phi) is 7.94. The molecule has 1 atom stereocenters. The maximum absolute atomic E-state index is 5.25. The van der Waals surface area contributed by atoms with Crippen molar-refractivity contribution in [1.29, 1.82) is 0 Å². The van der Waals surface area contributed by atoms with Crippen molar-refractivity contribution in [1.82, 2.24) is 10.2 Å². The van der Waals surface area contributed by atoms with Crippen molar-refractivity contribution < 1.29 is 4.74 Å². The summed E-state index contributed by atoms with van der Waals surface area (Å²) >= 11 is 0. The van der Waals surface area contributed by atoms with Crippen LogP contribution in [-0.2, 0) is 4.74 Å². The number of nitrogens with zero attached hydrogens (tertiary/aromatic N) is 1. The molecule has 1 aromatic carbocycles. The van der Waals surface area contributed by atoms with Gasteiger partial charge >= 0.3 is 0 Å². The van der Waals surface area contributed by atoms with Gasteiger partial charge in [-0.1, -0.05) is 30.7 Å². The molecule has 1 unspecified atom stereocenters. The van der Waals surface area contributed by atoms with Crippen molar-refractivity contribution in [3.8, 4) is 0 Å². The first-order chi connectivity index (χ1) is 9.99. The minimum atomic E-state index is 0.370. The maximum atomic E-state index is 5.25. The molecule has 0 fully saturated rings. The summed E-state index contributed by atoms with van der Waals surface area (Å²) in [6.45, 7) is 14.8. The SMILES string of the molecule is CCNC(CN(CCOC)C(C)C)c1ccc(C)cc1C. The molecule has 0 aliphatic carbocycles. The molecule has 3 nitrogen and oxygen atoms in total. The second kappa shape index (κ2) is 9.19. The Morgan fingerprint density at radius 2 is 1.95 bits per heavy atom. The van der Waals surface area contributed by atoms with Gasteiger partial charge in [-0.25, -0.2) is 0 Å². The minimum Gasteiger partial charge on any atom is -0.383 e. The molecule has 3 heteroatoms. The minimum absolute atomic E-state index is 0.370. The quantitative estimate of drug-likeness (QED) is 0.756. The van der Waals surface area contributed by atoms with Crippen LogP contribution in [0.2, 0.25) is 0 Å². The van der Waals surface area contributed by atoms with Crippen molar-refractivity contribution in [3.05, 3.63) is 34.9 Å². The van der Waals surface area contributed by atoms with Gasteiger partial charge in [-0.05, 0) is 45.4 Å². The van der Waals surface area contributed by atoms with Gasteiger partial charge in [-0.15, -0.1) is 0 Å². The summed E-state index contributed by atoms with van der Waals surface area (Å²) in [5, 5.41) is 3.64. The van der Waals surface area contributed by atoms with Crippen LogP contribution in [0.1, 0.15) is 43.5 Å². The van der Waals surface area contributed by atoms with Gasteiger partial charge in [-0.2, -0.15) is 0 Å². The lowest BCUT2D eigenvalue weighted by molar-refractivity contribution is 0.121. The zero-order valence-electron chi connectivity index (χ0n) is 14.6. The topological polar surface area (TPSA) is 24.5 Å². The number of hydrogen-bond donors (Lipinski definition) is 1. The van der Waals surface area contributed by atoms with Gasteiger partial charge < -0.3 is 10.1 Å². The van der Waals surface area contributed by atoms with Gasteiger partial charge in [0.25, 0.3) is 0 Å². The number of likely N-dealkylation sites (N-methyl/N-ethyl adjacent to an activating group) is 1. The average Bonchev–Trinajstić information content (AvgIpc) is 2.42. The molecule has 0 saturated carbocycles. The molecule has 0 heterocycles. The molecule has 21 heavy (non-hydrogen) atoms. The smallest absolute Gasteiger partial charge is 0.0589 e. The summed E-state index contributed by atoms with van der Waals surface area (Å²) in [7, 11) is 1.77. The molecule has 0 radical (unpaired) electrons. The normalized spacial score (nSPS) is 13.1.